The van der Waals surface area contributed by atoms with Gasteiger partial charge in [-0.25, -0.2) is 0 Å². The largest absolute Gasteiger partial charge is 1.00 e. The van der Waals surface area contributed by atoms with Crippen molar-refractivity contribution in [3.63, 3.8) is 0 Å². The number of carbonyl (C=O) groups is 1. The predicted octanol–water partition coefficient (Wildman–Crippen LogP) is 3.10. The van der Waals surface area contributed by atoms with Crippen molar-refractivity contribution in [2.45, 2.75) is 91.9 Å². The standard InChI is InChI=1S/C10H20.C5H12.C2H5NO.K/c1-3-7-10(4-2)8-5-6-9-10;1-3-5-4-2;1-3-2-4;/h3-9H2,1-2H3;3-5H2,1-2H3;2H,1H3,(H,3,4);/q;;;+1/p-1. The molecule has 1 aliphatic carbocycles. The van der Waals surface area contributed by atoms with E-state index in [0.717, 1.165) is 5.41 Å². The minimum atomic E-state index is 0. The second-order valence-electron chi connectivity index (χ2n) is 5.53. The van der Waals surface area contributed by atoms with Crippen LogP contribution in [-0.4, -0.2) is 13.5 Å². The van der Waals surface area contributed by atoms with Gasteiger partial charge in [-0.1, -0.05) is 72.6 Å². The molecule has 0 heterocycles. The van der Waals surface area contributed by atoms with Crippen LogP contribution in [-0.2, 0) is 4.79 Å². The Kier molecular flexibility index (Phi) is 26.2. The van der Waals surface area contributed by atoms with Gasteiger partial charge in [-0.15, -0.1) is 7.05 Å². The van der Waals surface area contributed by atoms with Crippen LogP contribution in [0.4, 0.5) is 0 Å². The van der Waals surface area contributed by atoms with E-state index in [4.69, 9.17) is 4.79 Å². The number of nitrogens with zero attached hydrogens (tertiary/aromatic N) is 1. The molecule has 2 nitrogen and oxygen atoms in total. The molecule has 0 aromatic carbocycles. The van der Waals surface area contributed by atoms with E-state index in [-0.39, 0.29) is 51.4 Å². The summed E-state index contributed by atoms with van der Waals surface area (Å²) in [5.41, 5.74) is 0.786. The van der Waals surface area contributed by atoms with Gasteiger partial charge < -0.3 is 10.1 Å². The average Bonchev–Trinajstić information content (AvgIpc) is 2.90. The van der Waals surface area contributed by atoms with E-state index in [1.54, 1.807) is 0 Å². The fourth-order valence-corrected chi connectivity index (χ4v) is 2.79. The number of hydrogen-bond acceptors (Lipinski definition) is 1. The molecule has 0 saturated heterocycles. The summed E-state index contributed by atoms with van der Waals surface area (Å²) in [5.74, 6) is 0. The maximum atomic E-state index is 9.01. The van der Waals surface area contributed by atoms with Gasteiger partial charge in [0.2, 0.25) is 0 Å². The number of amides is 1. The molecule has 0 aromatic heterocycles. The van der Waals surface area contributed by atoms with Crippen molar-refractivity contribution in [1.29, 1.82) is 0 Å². The molecule has 116 valence electrons. The quantitative estimate of drug-likeness (QED) is 0.548. The molecule has 1 rings (SSSR count). The van der Waals surface area contributed by atoms with Gasteiger partial charge in [0.25, 0.3) is 0 Å². The van der Waals surface area contributed by atoms with E-state index in [2.05, 4.69) is 33.0 Å². The van der Waals surface area contributed by atoms with Crippen LogP contribution in [0.1, 0.15) is 91.9 Å². The summed E-state index contributed by atoms with van der Waals surface area (Å²) in [6.45, 7) is 9.10. The van der Waals surface area contributed by atoms with Crippen LogP contribution in [0.15, 0.2) is 0 Å². The Morgan fingerprint density at radius 2 is 1.45 bits per heavy atom. The fraction of sp³-hybridized carbons (Fsp3) is 0.941. The van der Waals surface area contributed by atoms with Crippen LogP contribution in [0, 0.1) is 5.41 Å². The Morgan fingerprint density at radius 3 is 1.65 bits per heavy atom. The van der Waals surface area contributed by atoms with Crippen LogP contribution in [0.25, 0.3) is 5.32 Å². The zero-order chi connectivity index (χ0) is 15.0. The summed E-state index contributed by atoms with van der Waals surface area (Å²) in [4.78, 5) is 9.01. The van der Waals surface area contributed by atoms with Crippen LogP contribution in [0.2, 0.25) is 0 Å². The maximum Gasteiger partial charge on any atom is 1.00 e. The Morgan fingerprint density at radius 1 is 1.00 bits per heavy atom. The van der Waals surface area contributed by atoms with Gasteiger partial charge in [-0.2, -0.15) is 0 Å². The van der Waals surface area contributed by atoms with Crippen molar-refractivity contribution < 1.29 is 56.2 Å². The van der Waals surface area contributed by atoms with Crippen molar-refractivity contribution in [1.82, 2.24) is 0 Å². The topological polar surface area (TPSA) is 31.2 Å². The number of hydrogen-bond donors (Lipinski definition) is 0. The van der Waals surface area contributed by atoms with Crippen molar-refractivity contribution in [2.24, 2.45) is 5.41 Å². The number of carbonyl (C=O) groups excluding carboxylic acids is 1. The molecule has 0 aliphatic heterocycles. The summed E-state index contributed by atoms with van der Waals surface area (Å²) in [6.07, 6.45) is 14.9. The van der Waals surface area contributed by atoms with Crippen molar-refractivity contribution >= 4 is 6.41 Å². The van der Waals surface area contributed by atoms with Gasteiger partial charge in [-0.05, 0) is 24.7 Å². The van der Waals surface area contributed by atoms with E-state index in [1.807, 2.05) is 0 Å². The molecule has 1 saturated carbocycles. The molecule has 0 unspecified atom stereocenters. The van der Waals surface area contributed by atoms with Gasteiger partial charge in [0.1, 0.15) is 0 Å². The molecular weight excluding hydrogens is 273 g/mol. The number of rotatable bonds is 6. The molecule has 0 aromatic rings. The van der Waals surface area contributed by atoms with Crippen LogP contribution in [0.3, 0.4) is 0 Å². The normalized spacial score (nSPS) is 14.8. The van der Waals surface area contributed by atoms with Gasteiger partial charge >= 0.3 is 51.4 Å². The zero-order valence-corrected chi connectivity index (χ0v) is 18.1. The molecule has 0 spiro atoms. The van der Waals surface area contributed by atoms with Crippen LogP contribution < -0.4 is 51.4 Å². The second-order valence-corrected chi connectivity index (χ2v) is 5.53. The molecule has 1 amide bonds. The van der Waals surface area contributed by atoms with Crippen LogP contribution in [0.5, 0.6) is 0 Å². The minimum absolute atomic E-state index is 0. The van der Waals surface area contributed by atoms with Gasteiger partial charge in [0.15, 0.2) is 0 Å². The van der Waals surface area contributed by atoms with E-state index in [1.165, 1.54) is 71.3 Å². The van der Waals surface area contributed by atoms with Gasteiger partial charge in [0.05, 0.1) is 0 Å². The van der Waals surface area contributed by atoms with Crippen molar-refractivity contribution in [3.05, 3.63) is 5.32 Å². The molecule has 3 heteroatoms. The van der Waals surface area contributed by atoms with Gasteiger partial charge in [-0.3, -0.25) is 0 Å². The monoisotopic (exact) mass is 309 g/mol. The van der Waals surface area contributed by atoms with Crippen molar-refractivity contribution in [2.75, 3.05) is 7.05 Å². The summed E-state index contributed by atoms with van der Waals surface area (Å²) >= 11 is 0. The predicted molar refractivity (Wildman–Crippen MR) is 86.6 cm³/mol. The smallest absolute Gasteiger partial charge is 0.659 e. The van der Waals surface area contributed by atoms with Crippen molar-refractivity contribution in [3.8, 4) is 0 Å². The first kappa shape index (κ1) is 26.0. The molecular formula is C17H36KNO. The number of unbranched alkanes of at least 4 members (excludes halogenated alkanes) is 2. The van der Waals surface area contributed by atoms with Gasteiger partial charge in [0, 0.05) is 6.41 Å². The van der Waals surface area contributed by atoms with E-state index < -0.39 is 0 Å². The molecule has 20 heavy (non-hydrogen) atoms. The fourth-order valence-electron chi connectivity index (χ4n) is 2.79. The summed E-state index contributed by atoms with van der Waals surface area (Å²) in [5, 5.41) is 3.06. The Hall–Kier alpha value is 1.11. The zero-order valence-electron chi connectivity index (χ0n) is 15.0. The summed E-state index contributed by atoms with van der Waals surface area (Å²) in [6, 6.07) is 0. The first-order valence-electron chi connectivity index (χ1n) is 8.18. The Labute approximate surface area is 170 Å². The molecule has 0 radical (unpaired) electrons. The van der Waals surface area contributed by atoms with E-state index in [9.17, 15) is 0 Å². The molecule has 0 N–H and O–H groups in total. The molecule has 0 bridgehead atoms. The molecule has 0 atom stereocenters. The average molecular weight is 310 g/mol. The van der Waals surface area contributed by atoms with Crippen LogP contribution >= 0.6 is 0 Å². The Bertz CT molecular complexity index is 178. The van der Waals surface area contributed by atoms with E-state index >= 15 is 0 Å². The first-order valence-corrected chi connectivity index (χ1v) is 8.18. The summed E-state index contributed by atoms with van der Waals surface area (Å²) in [7, 11) is 1.44. The second kappa shape index (κ2) is 20.1. The third-order valence-corrected chi connectivity index (χ3v) is 4.01. The molecule has 1 aliphatic rings. The Balaban J connectivity index is -0.000000247. The first-order chi connectivity index (χ1) is 9.16. The minimum Gasteiger partial charge on any atom is -0.659 e. The molecule has 1 fully saturated rings. The SMILES string of the molecule is CCCC1(CC)CCCC1.CCCCC.C[N-]C=O.[K+]. The summed E-state index contributed by atoms with van der Waals surface area (Å²) < 4.78 is 0. The third-order valence-electron chi connectivity index (χ3n) is 4.01. The third kappa shape index (κ3) is 15.5. The maximum absolute atomic E-state index is 9.01. The van der Waals surface area contributed by atoms with E-state index in [0.29, 0.717) is 6.41 Å².